The molecule has 0 aromatic heterocycles. The number of nitrogen functional groups attached to an aromatic ring is 1. The van der Waals surface area contributed by atoms with Gasteiger partial charge in [0.25, 0.3) is 0 Å². The van der Waals surface area contributed by atoms with Crippen molar-refractivity contribution in [3.05, 3.63) is 23.2 Å². The van der Waals surface area contributed by atoms with Crippen LogP contribution >= 0.6 is 11.6 Å². The van der Waals surface area contributed by atoms with Crippen molar-refractivity contribution < 1.29 is 9.53 Å². The van der Waals surface area contributed by atoms with Crippen molar-refractivity contribution in [2.75, 3.05) is 17.7 Å². The van der Waals surface area contributed by atoms with Crippen molar-refractivity contribution in [3.8, 4) is 0 Å². The number of amides is 1. The van der Waals surface area contributed by atoms with Gasteiger partial charge in [0.2, 0.25) is 5.91 Å². The first-order valence-electron chi connectivity index (χ1n) is 5.99. The van der Waals surface area contributed by atoms with E-state index in [-0.39, 0.29) is 12.0 Å². The summed E-state index contributed by atoms with van der Waals surface area (Å²) in [6, 6.07) is 4.97. The third-order valence-electron chi connectivity index (χ3n) is 2.60. The highest BCUT2D eigenvalue weighted by Gasteiger charge is 2.07. The van der Waals surface area contributed by atoms with E-state index in [0.717, 1.165) is 6.42 Å². The van der Waals surface area contributed by atoms with Gasteiger partial charge in [-0.15, -0.1) is 0 Å². The Hall–Kier alpha value is -1.26. The maximum atomic E-state index is 11.7. The van der Waals surface area contributed by atoms with Crippen LogP contribution in [0.5, 0.6) is 0 Å². The highest BCUT2D eigenvalue weighted by Crippen LogP contribution is 2.22. The molecule has 4 nitrogen and oxygen atoms in total. The van der Waals surface area contributed by atoms with Gasteiger partial charge in [-0.05, 0) is 31.5 Å². The fraction of sp³-hybridized carbons (Fsp3) is 0.462. The minimum atomic E-state index is -0.132. The Morgan fingerprint density at radius 1 is 1.56 bits per heavy atom. The number of nitrogens with two attached hydrogens (primary N) is 1. The average molecular weight is 271 g/mol. The van der Waals surface area contributed by atoms with Gasteiger partial charge in [0.15, 0.2) is 0 Å². The maximum Gasteiger partial charge on any atom is 0.226 e. The predicted molar refractivity (Wildman–Crippen MR) is 74.8 cm³/mol. The van der Waals surface area contributed by atoms with Gasteiger partial charge in [0, 0.05) is 5.02 Å². The first kappa shape index (κ1) is 14.8. The first-order chi connectivity index (χ1) is 8.52. The van der Waals surface area contributed by atoms with Crippen LogP contribution in [0.4, 0.5) is 11.4 Å². The van der Waals surface area contributed by atoms with E-state index in [1.54, 1.807) is 18.2 Å². The summed E-state index contributed by atoms with van der Waals surface area (Å²) in [5.74, 6) is -0.132. The lowest BCUT2D eigenvalue weighted by atomic mass is 10.2. The summed E-state index contributed by atoms with van der Waals surface area (Å²) in [7, 11) is 0. The molecule has 1 aromatic carbocycles. The fourth-order valence-electron chi connectivity index (χ4n) is 1.32. The van der Waals surface area contributed by atoms with Gasteiger partial charge in [0.05, 0.1) is 30.5 Å². The molecule has 0 aliphatic rings. The lowest BCUT2D eigenvalue weighted by Gasteiger charge is -2.11. The Labute approximate surface area is 112 Å². The number of ether oxygens (including phenoxy) is 1. The van der Waals surface area contributed by atoms with Crippen molar-refractivity contribution >= 4 is 28.9 Å². The molecule has 0 fully saturated rings. The minimum absolute atomic E-state index is 0.132. The second-order valence-corrected chi connectivity index (χ2v) is 4.56. The monoisotopic (exact) mass is 270 g/mol. The average Bonchev–Trinajstić information content (AvgIpc) is 2.33. The van der Waals surface area contributed by atoms with Crippen molar-refractivity contribution in [2.24, 2.45) is 0 Å². The number of anilines is 2. The molecule has 0 saturated heterocycles. The van der Waals surface area contributed by atoms with Crippen molar-refractivity contribution in [1.82, 2.24) is 0 Å². The molecule has 1 unspecified atom stereocenters. The Balaban J connectivity index is 2.42. The van der Waals surface area contributed by atoms with Gasteiger partial charge in [-0.3, -0.25) is 4.79 Å². The molecule has 1 amide bonds. The molecule has 1 atom stereocenters. The zero-order chi connectivity index (χ0) is 13.5. The summed E-state index contributed by atoms with van der Waals surface area (Å²) in [4.78, 5) is 11.7. The molecule has 1 aromatic rings. The SMILES string of the molecule is CCC(C)OCCC(=O)Nc1cc(Cl)ccc1N. The van der Waals surface area contributed by atoms with Crippen LogP contribution in [0.25, 0.3) is 0 Å². The summed E-state index contributed by atoms with van der Waals surface area (Å²) >= 11 is 5.83. The number of halogens is 1. The molecule has 18 heavy (non-hydrogen) atoms. The molecule has 5 heteroatoms. The van der Waals surface area contributed by atoms with Crippen molar-refractivity contribution in [1.29, 1.82) is 0 Å². The number of carbonyl (C=O) groups excluding carboxylic acids is 1. The van der Waals surface area contributed by atoms with E-state index < -0.39 is 0 Å². The van der Waals surface area contributed by atoms with E-state index in [2.05, 4.69) is 5.32 Å². The zero-order valence-corrected chi connectivity index (χ0v) is 11.5. The smallest absolute Gasteiger partial charge is 0.226 e. The molecule has 0 radical (unpaired) electrons. The number of rotatable bonds is 6. The van der Waals surface area contributed by atoms with Crippen LogP contribution in [0.1, 0.15) is 26.7 Å². The largest absolute Gasteiger partial charge is 0.397 e. The third kappa shape index (κ3) is 4.94. The van der Waals surface area contributed by atoms with Crippen molar-refractivity contribution in [2.45, 2.75) is 32.8 Å². The summed E-state index contributed by atoms with van der Waals surface area (Å²) in [5, 5.41) is 3.25. The van der Waals surface area contributed by atoms with Crippen LogP contribution in [-0.2, 0) is 9.53 Å². The van der Waals surface area contributed by atoms with Crippen LogP contribution in [0.2, 0.25) is 5.02 Å². The standard InChI is InChI=1S/C13H19ClN2O2/c1-3-9(2)18-7-6-13(17)16-12-8-10(14)4-5-11(12)15/h4-5,8-9H,3,6-7,15H2,1-2H3,(H,16,17). The lowest BCUT2D eigenvalue weighted by molar-refractivity contribution is -0.117. The second-order valence-electron chi connectivity index (χ2n) is 4.12. The van der Waals surface area contributed by atoms with Gasteiger partial charge < -0.3 is 15.8 Å². The molecule has 0 spiro atoms. The van der Waals surface area contributed by atoms with Crippen molar-refractivity contribution in [3.63, 3.8) is 0 Å². The summed E-state index contributed by atoms with van der Waals surface area (Å²) in [5.41, 5.74) is 6.77. The molecule has 1 rings (SSSR count). The van der Waals surface area contributed by atoms with Gasteiger partial charge in [-0.2, -0.15) is 0 Å². The Morgan fingerprint density at radius 2 is 2.28 bits per heavy atom. The van der Waals surface area contributed by atoms with Crippen LogP contribution in [0.3, 0.4) is 0 Å². The molecule has 3 N–H and O–H groups in total. The Kier molecular flexibility index (Phi) is 5.95. The molecule has 0 aliphatic heterocycles. The molecule has 0 heterocycles. The molecule has 100 valence electrons. The van der Waals surface area contributed by atoms with Gasteiger partial charge in [-0.1, -0.05) is 18.5 Å². The number of hydrogen-bond acceptors (Lipinski definition) is 3. The van der Waals surface area contributed by atoms with Gasteiger partial charge >= 0.3 is 0 Å². The van der Waals surface area contributed by atoms with E-state index >= 15 is 0 Å². The number of hydrogen-bond donors (Lipinski definition) is 2. The Morgan fingerprint density at radius 3 is 2.94 bits per heavy atom. The topological polar surface area (TPSA) is 64.3 Å². The van der Waals surface area contributed by atoms with Crippen LogP contribution < -0.4 is 11.1 Å². The van der Waals surface area contributed by atoms with Gasteiger partial charge in [0.1, 0.15) is 0 Å². The number of nitrogens with one attached hydrogen (secondary N) is 1. The Bertz CT molecular complexity index is 410. The molecule has 0 bridgehead atoms. The van der Waals surface area contributed by atoms with Gasteiger partial charge in [-0.25, -0.2) is 0 Å². The quantitative estimate of drug-likeness (QED) is 0.781. The van der Waals surface area contributed by atoms with E-state index in [4.69, 9.17) is 22.1 Å². The summed E-state index contributed by atoms with van der Waals surface area (Å²) < 4.78 is 5.44. The first-order valence-corrected chi connectivity index (χ1v) is 6.37. The van der Waals surface area contributed by atoms with E-state index in [9.17, 15) is 4.79 Å². The lowest BCUT2D eigenvalue weighted by Crippen LogP contribution is -2.17. The highest BCUT2D eigenvalue weighted by molar-refractivity contribution is 6.31. The van der Waals surface area contributed by atoms with Crippen LogP contribution in [0, 0.1) is 0 Å². The molecular weight excluding hydrogens is 252 g/mol. The third-order valence-corrected chi connectivity index (χ3v) is 2.83. The number of carbonyl (C=O) groups is 1. The van der Waals surface area contributed by atoms with Crippen LogP contribution in [0.15, 0.2) is 18.2 Å². The fourth-order valence-corrected chi connectivity index (χ4v) is 1.49. The molecular formula is C13H19ClN2O2. The minimum Gasteiger partial charge on any atom is -0.397 e. The molecule has 0 aliphatic carbocycles. The summed E-state index contributed by atoms with van der Waals surface area (Å²) in [6.07, 6.45) is 1.41. The van der Waals surface area contributed by atoms with E-state index in [1.165, 1.54) is 0 Å². The van der Waals surface area contributed by atoms with E-state index in [0.29, 0.717) is 29.4 Å². The normalized spacial score (nSPS) is 12.2. The predicted octanol–water partition coefficient (Wildman–Crippen LogP) is 3.07. The summed E-state index contributed by atoms with van der Waals surface area (Å²) in [6.45, 7) is 4.42. The number of benzene rings is 1. The van der Waals surface area contributed by atoms with Crippen LogP contribution in [-0.4, -0.2) is 18.6 Å². The molecule has 0 saturated carbocycles. The second kappa shape index (κ2) is 7.24. The zero-order valence-electron chi connectivity index (χ0n) is 10.7. The highest BCUT2D eigenvalue weighted by atomic mass is 35.5. The maximum absolute atomic E-state index is 11.7. The van der Waals surface area contributed by atoms with E-state index in [1.807, 2.05) is 13.8 Å².